The summed E-state index contributed by atoms with van der Waals surface area (Å²) in [5.41, 5.74) is 2.60. The van der Waals surface area contributed by atoms with Crippen LogP contribution in [0.2, 0.25) is 0 Å². The molecule has 2 heteroatoms. The van der Waals surface area contributed by atoms with Crippen LogP contribution in [-0.4, -0.2) is 12.5 Å². The normalized spacial score (nSPS) is 10.7. The lowest BCUT2D eigenvalue weighted by molar-refractivity contribution is -0.121. The molecule has 0 fully saturated rings. The summed E-state index contributed by atoms with van der Waals surface area (Å²) >= 11 is 0. The molecule has 0 saturated carbocycles. The molecule has 0 aliphatic heterocycles. The fraction of sp³-hybridized carbons (Fsp3) is 0.562. The lowest BCUT2D eigenvalue weighted by atomic mass is 10.1. The Bertz CT molecular complexity index is 354. The Hall–Kier alpha value is -1.31. The molecular formula is C16H25NO. The molecule has 0 heterocycles. The average Bonchev–Trinajstić information content (AvgIpc) is 2.31. The van der Waals surface area contributed by atoms with Crippen LogP contribution in [-0.2, 0) is 11.2 Å². The third kappa shape index (κ3) is 6.43. The summed E-state index contributed by atoms with van der Waals surface area (Å²) in [6.45, 7) is 7.24. The minimum absolute atomic E-state index is 0.183. The second kappa shape index (κ2) is 7.91. The zero-order valence-electron chi connectivity index (χ0n) is 11.8. The Morgan fingerprint density at radius 1 is 1.22 bits per heavy atom. The highest BCUT2D eigenvalue weighted by Gasteiger charge is 2.02. The van der Waals surface area contributed by atoms with Crippen molar-refractivity contribution in [2.75, 3.05) is 6.54 Å². The second-order valence-corrected chi connectivity index (χ2v) is 5.37. The first-order valence-electron chi connectivity index (χ1n) is 6.90. The van der Waals surface area contributed by atoms with Gasteiger partial charge < -0.3 is 5.32 Å². The molecule has 0 radical (unpaired) electrons. The van der Waals surface area contributed by atoms with Crippen molar-refractivity contribution < 1.29 is 4.79 Å². The van der Waals surface area contributed by atoms with E-state index in [1.54, 1.807) is 0 Å². The number of amides is 1. The van der Waals surface area contributed by atoms with Crippen molar-refractivity contribution in [2.24, 2.45) is 5.92 Å². The van der Waals surface area contributed by atoms with Crippen LogP contribution in [0.25, 0.3) is 0 Å². The van der Waals surface area contributed by atoms with Gasteiger partial charge in [-0.05, 0) is 37.7 Å². The maximum atomic E-state index is 11.6. The fourth-order valence-corrected chi connectivity index (χ4v) is 1.80. The molecule has 1 aromatic rings. The molecule has 1 amide bonds. The number of carbonyl (C=O) groups excluding carboxylic acids is 1. The molecule has 1 rings (SSSR count). The minimum atomic E-state index is 0.183. The summed E-state index contributed by atoms with van der Waals surface area (Å²) in [4.78, 5) is 11.6. The first-order chi connectivity index (χ1) is 8.58. The number of rotatable bonds is 7. The number of hydrogen-bond acceptors (Lipinski definition) is 1. The number of benzene rings is 1. The molecule has 0 spiro atoms. The van der Waals surface area contributed by atoms with Crippen molar-refractivity contribution in [1.29, 1.82) is 0 Å². The number of nitrogens with one attached hydrogen (secondary N) is 1. The molecule has 1 N–H and O–H groups in total. The largest absolute Gasteiger partial charge is 0.356 e. The maximum absolute atomic E-state index is 11.6. The monoisotopic (exact) mass is 247 g/mol. The van der Waals surface area contributed by atoms with E-state index < -0.39 is 0 Å². The molecule has 0 atom stereocenters. The molecule has 18 heavy (non-hydrogen) atoms. The van der Waals surface area contributed by atoms with Gasteiger partial charge in [0.25, 0.3) is 0 Å². The zero-order chi connectivity index (χ0) is 13.4. The van der Waals surface area contributed by atoms with E-state index >= 15 is 0 Å². The summed E-state index contributed by atoms with van der Waals surface area (Å²) < 4.78 is 0. The molecule has 1 aromatic carbocycles. The quantitative estimate of drug-likeness (QED) is 0.785. The van der Waals surface area contributed by atoms with E-state index in [4.69, 9.17) is 0 Å². The Labute approximate surface area is 111 Å². The second-order valence-electron chi connectivity index (χ2n) is 5.37. The smallest absolute Gasteiger partial charge is 0.220 e. The standard InChI is InChI=1S/C16H25NO/c1-13(2)11-12-17-16(18)6-4-5-15-9-7-14(3)8-10-15/h7-10,13H,4-6,11-12H2,1-3H3,(H,17,18). The van der Waals surface area contributed by atoms with Gasteiger partial charge in [-0.25, -0.2) is 0 Å². The highest BCUT2D eigenvalue weighted by molar-refractivity contribution is 5.75. The van der Waals surface area contributed by atoms with Crippen LogP contribution in [0.3, 0.4) is 0 Å². The van der Waals surface area contributed by atoms with Gasteiger partial charge in [0, 0.05) is 13.0 Å². The van der Waals surface area contributed by atoms with Gasteiger partial charge in [0.05, 0.1) is 0 Å². The van der Waals surface area contributed by atoms with E-state index in [-0.39, 0.29) is 5.91 Å². The minimum Gasteiger partial charge on any atom is -0.356 e. The molecule has 100 valence electrons. The van der Waals surface area contributed by atoms with Crippen molar-refractivity contribution in [3.63, 3.8) is 0 Å². The highest BCUT2D eigenvalue weighted by Crippen LogP contribution is 2.07. The predicted octanol–water partition coefficient (Wildman–Crippen LogP) is 3.48. The van der Waals surface area contributed by atoms with E-state index in [0.29, 0.717) is 12.3 Å². The van der Waals surface area contributed by atoms with Crippen LogP contribution in [0.15, 0.2) is 24.3 Å². The Morgan fingerprint density at radius 3 is 2.50 bits per heavy atom. The summed E-state index contributed by atoms with van der Waals surface area (Å²) in [5, 5.41) is 2.97. The van der Waals surface area contributed by atoms with Gasteiger partial charge in [-0.3, -0.25) is 4.79 Å². The van der Waals surface area contributed by atoms with Gasteiger partial charge in [0.15, 0.2) is 0 Å². The van der Waals surface area contributed by atoms with Crippen LogP contribution in [0.1, 0.15) is 44.2 Å². The lowest BCUT2D eigenvalue weighted by Crippen LogP contribution is -2.25. The molecule has 0 aromatic heterocycles. The van der Waals surface area contributed by atoms with Crippen LogP contribution in [0, 0.1) is 12.8 Å². The Morgan fingerprint density at radius 2 is 1.89 bits per heavy atom. The van der Waals surface area contributed by atoms with E-state index in [1.807, 2.05) is 0 Å². The molecule has 0 bridgehead atoms. The number of carbonyl (C=O) groups is 1. The predicted molar refractivity (Wildman–Crippen MR) is 76.6 cm³/mol. The highest BCUT2D eigenvalue weighted by atomic mass is 16.1. The van der Waals surface area contributed by atoms with E-state index in [1.165, 1.54) is 11.1 Å². The summed E-state index contributed by atoms with van der Waals surface area (Å²) in [7, 11) is 0. The van der Waals surface area contributed by atoms with Gasteiger partial charge in [0.1, 0.15) is 0 Å². The van der Waals surface area contributed by atoms with Gasteiger partial charge in [0.2, 0.25) is 5.91 Å². The van der Waals surface area contributed by atoms with Crippen LogP contribution in [0.4, 0.5) is 0 Å². The van der Waals surface area contributed by atoms with Crippen molar-refractivity contribution in [3.8, 4) is 0 Å². The summed E-state index contributed by atoms with van der Waals surface area (Å²) in [6.07, 6.45) is 3.60. The maximum Gasteiger partial charge on any atom is 0.220 e. The Kier molecular flexibility index (Phi) is 6.48. The van der Waals surface area contributed by atoms with Crippen molar-refractivity contribution >= 4 is 5.91 Å². The molecule has 2 nitrogen and oxygen atoms in total. The third-order valence-electron chi connectivity index (χ3n) is 3.03. The summed E-state index contributed by atoms with van der Waals surface area (Å²) in [5.74, 6) is 0.834. The van der Waals surface area contributed by atoms with Gasteiger partial charge >= 0.3 is 0 Å². The van der Waals surface area contributed by atoms with E-state index in [2.05, 4.69) is 50.4 Å². The molecule has 0 aliphatic rings. The molecule has 0 aliphatic carbocycles. The van der Waals surface area contributed by atoms with Crippen molar-refractivity contribution in [3.05, 3.63) is 35.4 Å². The van der Waals surface area contributed by atoms with Crippen LogP contribution < -0.4 is 5.32 Å². The van der Waals surface area contributed by atoms with E-state index in [9.17, 15) is 4.79 Å². The molecule has 0 saturated heterocycles. The van der Waals surface area contributed by atoms with Gasteiger partial charge in [-0.15, -0.1) is 0 Å². The van der Waals surface area contributed by atoms with Gasteiger partial charge in [-0.2, -0.15) is 0 Å². The fourth-order valence-electron chi connectivity index (χ4n) is 1.80. The van der Waals surface area contributed by atoms with Crippen LogP contribution in [0.5, 0.6) is 0 Å². The summed E-state index contributed by atoms with van der Waals surface area (Å²) in [6, 6.07) is 8.54. The number of hydrogen-bond donors (Lipinski definition) is 1. The van der Waals surface area contributed by atoms with Crippen molar-refractivity contribution in [1.82, 2.24) is 5.32 Å². The van der Waals surface area contributed by atoms with Gasteiger partial charge in [-0.1, -0.05) is 43.7 Å². The van der Waals surface area contributed by atoms with E-state index in [0.717, 1.165) is 25.8 Å². The SMILES string of the molecule is Cc1ccc(CCCC(=O)NCCC(C)C)cc1. The van der Waals surface area contributed by atoms with Crippen LogP contribution >= 0.6 is 0 Å². The molecular weight excluding hydrogens is 222 g/mol. The number of aryl methyl sites for hydroxylation is 2. The third-order valence-corrected chi connectivity index (χ3v) is 3.03. The lowest BCUT2D eigenvalue weighted by Gasteiger charge is -2.07. The molecule has 0 unspecified atom stereocenters. The first kappa shape index (κ1) is 14.7. The topological polar surface area (TPSA) is 29.1 Å². The zero-order valence-corrected chi connectivity index (χ0v) is 11.8. The first-order valence-corrected chi connectivity index (χ1v) is 6.90. The van der Waals surface area contributed by atoms with Crippen molar-refractivity contribution in [2.45, 2.75) is 46.5 Å². The average molecular weight is 247 g/mol. The Balaban J connectivity index is 2.13.